The van der Waals surface area contributed by atoms with Crippen LogP contribution in [0, 0.1) is 74.2 Å². The number of halogens is 8. The maximum absolute atomic E-state index is 13.8. The number of benzene rings is 4. The second-order valence-corrected chi connectivity index (χ2v) is 17.2. The summed E-state index contributed by atoms with van der Waals surface area (Å²) >= 11 is 0. The molecule has 0 saturated carbocycles. The molecule has 0 aliphatic carbocycles. The zero-order chi connectivity index (χ0) is 40.9. The van der Waals surface area contributed by atoms with Crippen LogP contribution >= 0.6 is 0 Å². The summed E-state index contributed by atoms with van der Waals surface area (Å²) in [7, 11) is 0. The molecule has 0 saturated heterocycles. The third kappa shape index (κ3) is 12.8. The van der Waals surface area contributed by atoms with E-state index in [4.69, 9.17) is 0 Å². The van der Waals surface area contributed by atoms with Gasteiger partial charge in [0.1, 0.15) is 29.1 Å². The normalized spacial score (nSPS) is 11.8. The first kappa shape index (κ1) is 46.3. The van der Waals surface area contributed by atoms with Crippen LogP contribution in [0.1, 0.15) is 128 Å². The molecule has 0 N–H and O–H groups in total. The van der Waals surface area contributed by atoms with E-state index in [0.29, 0.717) is 11.1 Å². The van der Waals surface area contributed by atoms with Crippen molar-refractivity contribution in [1.29, 1.82) is 0 Å². The largest absolute Gasteiger partial charge is 0.207 e. The van der Waals surface area contributed by atoms with Crippen LogP contribution in [0.15, 0.2) is 48.5 Å². The maximum atomic E-state index is 13.8. The molecule has 0 aromatic heterocycles. The number of rotatable bonds is 0. The van der Waals surface area contributed by atoms with Crippen LogP contribution in [0.3, 0.4) is 0 Å². The minimum atomic E-state index is -1.40. The summed E-state index contributed by atoms with van der Waals surface area (Å²) in [5, 5.41) is 0. The fourth-order valence-corrected chi connectivity index (χ4v) is 4.62. The van der Waals surface area contributed by atoms with Crippen LogP contribution < -0.4 is 0 Å². The van der Waals surface area contributed by atoms with E-state index in [1.54, 1.807) is 20.8 Å². The first-order valence-electron chi connectivity index (χ1n) is 17.1. The first-order valence-corrected chi connectivity index (χ1v) is 17.1. The van der Waals surface area contributed by atoms with Gasteiger partial charge in [0.2, 0.25) is 0 Å². The molecule has 8 heteroatoms. The third-order valence-corrected chi connectivity index (χ3v) is 8.60. The van der Waals surface area contributed by atoms with Crippen LogP contribution in [0.25, 0.3) is 0 Å². The molecule has 0 amide bonds. The highest BCUT2D eigenvalue weighted by atomic mass is 19.2. The molecule has 52 heavy (non-hydrogen) atoms. The molecular formula is C44H56F8. The Kier molecular flexibility index (Phi) is 15.5. The molecular weight excluding hydrogens is 680 g/mol. The second kappa shape index (κ2) is 17.4. The van der Waals surface area contributed by atoms with Crippen molar-refractivity contribution >= 4 is 0 Å². The predicted molar refractivity (Wildman–Crippen MR) is 199 cm³/mol. The van der Waals surface area contributed by atoms with E-state index in [9.17, 15) is 35.1 Å². The summed E-state index contributed by atoms with van der Waals surface area (Å²) in [6.07, 6.45) is 0. The van der Waals surface area contributed by atoms with Crippen LogP contribution in [-0.4, -0.2) is 0 Å². The van der Waals surface area contributed by atoms with Gasteiger partial charge in [-0.3, -0.25) is 0 Å². The molecule has 288 valence electrons. The first-order chi connectivity index (χ1) is 23.3. The lowest BCUT2D eigenvalue weighted by atomic mass is 9.85. The summed E-state index contributed by atoms with van der Waals surface area (Å²) in [5.41, 5.74) is 3.29. The summed E-state index contributed by atoms with van der Waals surface area (Å²) in [6, 6.07) is 11.7. The average Bonchev–Trinajstić information content (AvgIpc) is 2.98. The Morgan fingerprint density at radius 2 is 0.635 bits per heavy atom. The van der Waals surface area contributed by atoms with E-state index in [1.807, 2.05) is 88.3 Å². The van der Waals surface area contributed by atoms with Gasteiger partial charge in [0.15, 0.2) is 17.5 Å². The van der Waals surface area contributed by atoms with Crippen molar-refractivity contribution in [2.24, 2.45) is 0 Å². The summed E-state index contributed by atoms with van der Waals surface area (Å²) in [6.45, 7) is 29.5. The maximum Gasteiger partial charge on any atom is 0.194 e. The topological polar surface area (TPSA) is 0 Å². The van der Waals surface area contributed by atoms with E-state index < -0.39 is 46.1 Å². The Labute approximate surface area is 306 Å². The smallest absolute Gasteiger partial charge is 0.194 e. The third-order valence-electron chi connectivity index (χ3n) is 8.60. The lowest BCUT2D eigenvalue weighted by Crippen LogP contribution is -2.15. The van der Waals surface area contributed by atoms with E-state index in [2.05, 4.69) is 0 Å². The SMILES string of the molecule is CC(C)(C)c1ccc(F)c(F)c1F.Cc1c(F)cc(C(C)(C)C)cc1F.Cc1c(F)cc(C(C)(C)C)cc1F.Cc1ccc(C(C)(C)C)c(F)c1C. The van der Waals surface area contributed by atoms with E-state index in [-0.39, 0.29) is 38.8 Å². The van der Waals surface area contributed by atoms with Crippen molar-refractivity contribution < 1.29 is 35.1 Å². The highest BCUT2D eigenvalue weighted by Crippen LogP contribution is 2.30. The molecule has 0 radical (unpaired) electrons. The van der Waals surface area contributed by atoms with Crippen molar-refractivity contribution in [2.75, 3.05) is 0 Å². The number of aryl methyl sites for hydroxylation is 1. The second-order valence-electron chi connectivity index (χ2n) is 17.2. The van der Waals surface area contributed by atoms with Crippen LogP contribution in [-0.2, 0) is 21.7 Å². The average molecular weight is 737 g/mol. The highest BCUT2D eigenvalue weighted by Gasteiger charge is 2.23. The molecule has 0 spiro atoms. The zero-order valence-electron chi connectivity index (χ0n) is 33.6. The van der Waals surface area contributed by atoms with Gasteiger partial charge in [0.25, 0.3) is 0 Å². The van der Waals surface area contributed by atoms with Crippen LogP contribution in [0.2, 0.25) is 0 Å². The zero-order valence-corrected chi connectivity index (χ0v) is 33.6. The van der Waals surface area contributed by atoms with Crippen molar-refractivity contribution in [2.45, 2.75) is 132 Å². The van der Waals surface area contributed by atoms with E-state index in [0.717, 1.165) is 22.8 Å². The van der Waals surface area contributed by atoms with Crippen molar-refractivity contribution in [3.8, 4) is 0 Å². The number of hydrogen-bond donors (Lipinski definition) is 0. The summed E-state index contributed by atoms with van der Waals surface area (Å²) in [5.74, 6) is -5.55. The molecule has 0 atom stereocenters. The summed E-state index contributed by atoms with van der Waals surface area (Å²) in [4.78, 5) is 0. The standard InChI is InChI=1S/C12H17F.2C11H14F2.C10H11F3/c1-8-6-7-10(12(3,4)5)11(13)9(8)2;2*1-7-9(12)5-8(6-10(7)13)11(2,3)4;1-10(2,3)6-4-5-7(11)9(13)8(6)12/h6-7H,1-5H3;2*5-6H,1-4H3;4-5H,1-3H3. The Balaban J connectivity index is 0.000000347. The minimum Gasteiger partial charge on any atom is -0.207 e. The Morgan fingerprint density at radius 3 is 0.942 bits per heavy atom. The lowest BCUT2D eigenvalue weighted by molar-refractivity contribution is 0.423. The van der Waals surface area contributed by atoms with Crippen LogP contribution in [0.4, 0.5) is 35.1 Å². The van der Waals surface area contributed by atoms with Gasteiger partial charge < -0.3 is 0 Å². The fourth-order valence-electron chi connectivity index (χ4n) is 4.62. The monoisotopic (exact) mass is 736 g/mol. The molecule has 4 aromatic rings. The molecule has 0 aliphatic heterocycles. The molecule has 0 aliphatic rings. The minimum absolute atomic E-state index is 0.0486. The van der Waals surface area contributed by atoms with Gasteiger partial charge in [0.05, 0.1) is 0 Å². The van der Waals surface area contributed by atoms with Gasteiger partial charge in [-0.2, -0.15) is 0 Å². The Hall–Kier alpha value is -3.68. The quantitative estimate of drug-likeness (QED) is 0.125. The van der Waals surface area contributed by atoms with Gasteiger partial charge >= 0.3 is 0 Å². The lowest BCUT2D eigenvalue weighted by Gasteiger charge is -2.21. The van der Waals surface area contributed by atoms with Crippen molar-refractivity contribution in [3.05, 3.63) is 140 Å². The van der Waals surface area contributed by atoms with E-state index >= 15 is 0 Å². The molecule has 4 aromatic carbocycles. The molecule has 0 fully saturated rings. The van der Waals surface area contributed by atoms with Crippen molar-refractivity contribution in [1.82, 2.24) is 0 Å². The molecule has 0 unspecified atom stereocenters. The molecule has 0 heterocycles. The van der Waals surface area contributed by atoms with Gasteiger partial charge in [-0.05, 0) is 113 Å². The molecule has 4 rings (SSSR count). The van der Waals surface area contributed by atoms with Gasteiger partial charge in [-0.1, -0.05) is 101 Å². The predicted octanol–water partition coefficient (Wildman–Crippen LogP) is 14.3. The Morgan fingerprint density at radius 1 is 0.327 bits per heavy atom. The van der Waals surface area contributed by atoms with Crippen molar-refractivity contribution in [3.63, 3.8) is 0 Å². The van der Waals surface area contributed by atoms with Gasteiger partial charge in [0, 0.05) is 11.1 Å². The van der Waals surface area contributed by atoms with Gasteiger partial charge in [-0.15, -0.1) is 0 Å². The molecule has 0 nitrogen and oxygen atoms in total. The van der Waals surface area contributed by atoms with Crippen LogP contribution in [0.5, 0.6) is 0 Å². The fraction of sp³-hybridized carbons (Fsp3) is 0.455. The summed E-state index contributed by atoms with van der Waals surface area (Å²) < 4.78 is 105. The van der Waals surface area contributed by atoms with E-state index in [1.165, 1.54) is 44.2 Å². The van der Waals surface area contributed by atoms with Gasteiger partial charge in [-0.25, -0.2) is 35.1 Å². The Bertz CT molecular complexity index is 1640. The highest BCUT2D eigenvalue weighted by molar-refractivity contribution is 5.35. The molecule has 0 bridgehead atoms. The number of hydrogen-bond acceptors (Lipinski definition) is 0.